The zero-order valence-electron chi connectivity index (χ0n) is 10.7. The molecule has 0 saturated heterocycles. The second-order valence-corrected chi connectivity index (χ2v) is 4.11. The number of aromatic nitrogens is 2. The van der Waals surface area contributed by atoms with Crippen LogP contribution >= 0.6 is 0 Å². The molecule has 1 aliphatic heterocycles. The van der Waals surface area contributed by atoms with Crippen molar-refractivity contribution in [3.05, 3.63) is 30.6 Å². The van der Waals surface area contributed by atoms with Gasteiger partial charge in [0.1, 0.15) is 18.0 Å². The topological polar surface area (TPSA) is 83.3 Å². The third kappa shape index (κ3) is 2.27. The molecule has 0 spiro atoms. The van der Waals surface area contributed by atoms with Gasteiger partial charge in [0.25, 0.3) is 0 Å². The SMILES string of the molecule is CN(C#N)c1cc(Nc2ccc3c(c2)OCO3)ncn1. The number of nitrogens with one attached hydrogen (secondary N) is 1. The van der Waals surface area contributed by atoms with E-state index in [-0.39, 0.29) is 6.79 Å². The first-order chi connectivity index (χ1) is 9.76. The molecule has 0 saturated carbocycles. The number of anilines is 3. The maximum Gasteiger partial charge on any atom is 0.231 e. The Balaban J connectivity index is 1.83. The van der Waals surface area contributed by atoms with Gasteiger partial charge in [-0.05, 0) is 12.1 Å². The van der Waals surface area contributed by atoms with E-state index in [1.807, 2.05) is 24.4 Å². The predicted molar refractivity (Wildman–Crippen MR) is 71.9 cm³/mol. The zero-order chi connectivity index (χ0) is 13.9. The van der Waals surface area contributed by atoms with Gasteiger partial charge in [0, 0.05) is 24.9 Å². The lowest BCUT2D eigenvalue weighted by Gasteiger charge is -2.10. The van der Waals surface area contributed by atoms with Crippen molar-refractivity contribution in [3.8, 4) is 17.7 Å². The van der Waals surface area contributed by atoms with Gasteiger partial charge in [0.15, 0.2) is 17.7 Å². The molecule has 1 aliphatic rings. The van der Waals surface area contributed by atoms with Crippen LogP contribution in [0.5, 0.6) is 11.5 Å². The summed E-state index contributed by atoms with van der Waals surface area (Å²) in [7, 11) is 1.63. The molecule has 3 rings (SSSR count). The Bertz CT molecular complexity index is 683. The minimum absolute atomic E-state index is 0.239. The number of nitrogens with zero attached hydrogens (tertiary/aromatic N) is 4. The standard InChI is InChI=1S/C13H11N5O2/c1-18(6-14)13-5-12(15-7-16-13)17-9-2-3-10-11(4-9)20-8-19-10/h2-5,7H,8H2,1H3,(H,15,16,17). The van der Waals surface area contributed by atoms with E-state index in [4.69, 9.17) is 14.7 Å². The van der Waals surface area contributed by atoms with Crippen molar-refractivity contribution in [3.63, 3.8) is 0 Å². The quantitative estimate of drug-likeness (QED) is 0.672. The highest BCUT2D eigenvalue weighted by Gasteiger charge is 2.13. The molecule has 2 aromatic rings. The van der Waals surface area contributed by atoms with Gasteiger partial charge in [-0.1, -0.05) is 0 Å². The van der Waals surface area contributed by atoms with Gasteiger partial charge in [-0.3, -0.25) is 4.90 Å². The molecule has 0 aliphatic carbocycles. The highest BCUT2D eigenvalue weighted by Crippen LogP contribution is 2.34. The van der Waals surface area contributed by atoms with Gasteiger partial charge in [-0.25, -0.2) is 9.97 Å². The predicted octanol–water partition coefficient (Wildman–Crippen LogP) is 1.87. The van der Waals surface area contributed by atoms with E-state index < -0.39 is 0 Å². The van der Waals surface area contributed by atoms with Crippen molar-refractivity contribution in [1.82, 2.24) is 9.97 Å². The van der Waals surface area contributed by atoms with Gasteiger partial charge in [0.2, 0.25) is 6.79 Å². The minimum atomic E-state index is 0.239. The fraction of sp³-hybridized carbons (Fsp3) is 0.154. The number of rotatable bonds is 3. The van der Waals surface area contributed by atoms with Gasteiger partial charge < -0.3 is 14.8 Å². The molecule has 1 aromatic carbocycles. The number of hydrogen-bond acceptors (Lipinski definition) is 7. The minimum Gasteiger partial charge on any atom is -0.454 e. The summed E-state index contributed by atoms with van der Waals surface area (Å²) in [5.41, 5.74) is 0.818. The molecule has 0 unspecified atom stereocenters. The van der Waals surface area contributed by atoms with E-state index in [0.29, 0.717) is 17.4 Å². The Labute approximate surface area is 115 Å². The Morgan fingerprint density at radius 3 is 2.95 bits per heavy atom. The van der Waals surface area contributed by atoms with E-state index >= 15 is 0 Å². The number of fused-ring (bicyclic) bond motifs is 1. The van der Waals surface area contributed by atoms with Crippen molar-refractivity contribution in [2.24, 2.45) is 0 Å². The Kier molecular flexibility index (Phi) is 2.97. The van der Waals surface area contributed by atoms with Crippen molar-refractivity contribution in [2.75, 3.05) is 24.1 Å². The van der Waals surface area contributed by atoms with Crippen molar-refractivity contribution < 1.29 is 9.47 Å². The maximum absolute atomic E-state index is 8.84. The maximum atomic E-state index is 8.84. The average Bonchev–Trinajstić information content (AvgIpc) is 2.94. The molecular formula is C13H11N5O2. The Morgan fingerprint density at radius 1 is 1.25 bits per heavy atom. The van der Waals surface area contributed by atoms with Crippen LogP contribution in [-0.4, -0.2) is 23.8 Å². The molecule has 20 heavy (non-hydrogen) atoms. The summed E-state index contributed by atoms with van der Waals surface area (Å²) in [6.45, 7) is 0.239. The van der Waals surface area contributed by atoms with E-state index in [1.54, 1.807) is 13.1 Å². The summed E-state index contributed by atoms with van der Waals surface area (Å²) < 4.78 is 10.6. The molecule has 7 nitrogen and oxygen atoms in total. The van der Waals surface area contributed by atoms with Crippen LogP contribution in [0.4, 0.5) is 17.3 Å². The average molecular weight is 269 g/mol. The first-order valence-corrected chi connectivity index (χ1v) is 5.88. The summed E-state index contributed by atoms with van der Waals surface area (Å²) in [6.07, 6.45) is 3.39. The first-order valence-electron chi connectivity index (χ1n) is 5.88. The van der Waals surface area contributed by atoms with Gasteiger partial charge in [-0.15, -0.1) is 0 Å². The van der Waals surface area contributed by atoms with Crippen LogP contribution < -0.4 is 19.7 Å². The summed E-state index contributed by atoms with van der Waals surface area (Å²) in [6, 6.07) is 7.21. The summed E-state index contributed by atoms with van der Waals surface area (Å²) in [5, 5.41) is 12.0. The largest absolute Gasteiger partial charge is 0.454 e. The molecule has 0 radical (unpaired) electrons. The second-order valence-electron chi connectivity index (χ2n) is 4.11. The lowest BCUT2D eigenvalue weighted by atomic mass is 10.3. The molecule has 0 bridgehead atoms. The van der Waals surface area contributed by atoms with E-state index in [1.165, 1.54) is 11.2 Å². The van der Waals surface area contributed by atoms with Crippen LogP contribution in [0.1, 0.15) is 0 Å². The molecule has 1 aromatic heterocycles. The fourth-order valence-electron chi connectivity index (χ4n) is 1.77. The van der Waals surface area contributed by atoms with Crippen molar-refractivity contribution in [2.45, 2.75) is 0 Å². The molecule has 0 amide bonds. The lowest BCUT2D eigenvalue weighted by Crippen LogP contribution is -2.10. The number of hydrogen-bond donors (Lipinski definition) is 1. The smallest absolute Gasteiger partial charge is 0.231 e. The first kappa shape index (κ1) is 12.0. The summed E-state index contributed by atoms with van der Waals surface area (Å²) in [4.78, 5) is 9.49. The molecule has 1 N–H and O–H groups in total. The fourth-order valence-corrected chi connectivity index (χ4v) is 1.77. The van der Waals surface area contributed by atoms with E-state index in [0.717, 1.165) is 11.4 Å². The number of benzene rings is 1. The molecular weight excluding hydrogens is 258 g/mol. The van der Waals surface area contributed by atoms with Crippen LogP contribution in [0.2, 0.25) is 0 Å². The second kappa shape index (κ2) is 4.93. The van der Waals surface area contributed by atoms with Crippen LogP contribution in [0.3, 0.4) is 0 Å². The van der Waals surface area contributed by atoms with Crippen LogP contribution in [0.25, 0.3) is 0 Å². The molecule has 2 heterocycles. The van der Waals surface area contributed by atoms with Crippen LogP contribution in [0.15, 0.2) is 30.6 Å². The molecule has 7 heteroatoms. The van der Waals surface area contributed by atoms with Gasteiger partial charge >= 0.3 is 0 Å². The van der Waals surface area contributed by atoms with Gasteiger partial charge in [0.05, 0.1) is 0 Å². The zero-order valence-corrected chi connectivity index (χ0v) is 10.7. The highest BCUT2D eigenvalue weighted by molar-refractivity contribution is 5.63. The monoisotopic (exact) mass is 269 g/mol. The van der Waals surface area contributed by atoms with Crippen LogP contribution in [-0.2, 0) is 0 Å². The summed E-state index contributed by atoms with van der Waals surface area (Å²) >= 11 is 0. The number of ether oxygens (including phenoxy) is 2. The van der Waals surface area contributed by atoms with Crippen LogP contribution in [0, 0.1) is 11.5 Å². The lowest BCUT2D eigenvalue weighted by molar-refractivity contribution is 0.174. The van der Waals surface area contributed by atoms with E-state index in [2.05, 4.69) is 15.3 Å². The molecule has 100 valence electrons. The Morgan fingerprint density at radius 2 is 2.10 bits per heavy atom. The Hall–Kier alpha value is -3.01. The summed E-state index contributed by atoms with van der Waals surface area (Å²) in [5.74, 6) is 2.53. The molecule has 0 atom stereocenters. The third-order valence-corrected chi connectivity index (χ3v) is 2.79. The van der Waals surface area contributed by atoms with E-state index in [9.17, 15) is 0 Å². The van der Waals surface area contributed by atoms with Crippen molar-refractivity contribution in [1.29, 1.82) is 5.26 Å². The normalized spacial score (nSPS) is 11.8. The van der Waals surface area contributed by atoms with Gasteiger partial charge in [-0.2, -0.15) is 5.26 Å². The third-order valence-electron chi connectivity index (χ3n) is 2.79. The molecule has 0 fully saturated rings. The van der Waals surface area contributed by atoms with Crippen molar-refractivity contribution >= 4 is 17.3 Å². The highest BCUT2D eigenvalue weighted by atomic mass is 16.7. The number of nitriles is 1.